The van der Waals surface area contributed by atoms with Crippen molar-refractivity contribution in [1.29, 1.82) is 0 Å². The molecule has 1 N–H and O–H groups in total. The van der Waals surface area contributed by atoms with Gasteiger partial charge in [-0.25, -0.2) is 0 Å². The van der Waals surface area contributed by atoms with Crippen molar-refractivity contribution in [3.8, 4) is 0 Å². The molecule has 0 atom stereocenters. The molecule has 0 aromatic rings. The molecule has 1 amide bonds. The minimum absolute atomic E-state index is 0.0666. The average molecular weight is 266 g/mol. The lowest BCUT2D eigenvalue weighted by molar-refractivity contribution is -0.130. The number of carbonyl (C=O) groups is 1. The largest absolute Gasteiger partial charge is 0.355 e. The van der Waals surface area contributed by atoms with Gasteiger partial charge in [0.15, 0.2) is 0 Å². The third-order valence-corrected chi connectivity index (χ3v) is 5.05. The minimum Gasteiger partial charge on any atom is -0.355 e. The van der Waals surface area contributed by atoms with Crippen molar-refractivity contribution in [2.24, 2.45) is 11.3 Å². The summed E-state index contributed by atoms with van der Waals surface area (Å²) in [6.07, 6.45) is 8.34. The molecular weight excluding hydrogens is 236 g/mol. The third-order valence-electron chi connectivity index (χ3n) is 5.05. The maximum absolute atomic E-state index is 12.3. The molecule has 0 aromatic heterocycles. The Morgan fingerprint density at radius 2 is 1.89 bits per heavy atom. The van der Waals surface area contributed by atoms with Crippen molar-refractivity contribution < 1.29 is 4.79 Å². The number of carbonyl (C=O) groups excluding carboxylic acids is 1. The van der Waals surface area contributed by atoms with Crippen LogP contribution >= 0.6 is 0 Å². The first-order chi connectivity index (χ1) is 9.14. The third kappa shape index (κ3) is 3.95. The second-order valence-corrected chi connectivity index (χ2v) is 6.76. The van der Waals surface area contributed by atoms with E-state index in [1.54, 1.807) is 0 Å². The van der Waals surface area contributed by atoms with E-state index in [9.17, 15) is 4.79 Å². The summed E-state index contributed by atoms with van der Waals surface area (Å²) in [7, 11) is 0. The Morgan fingerprint density at radius 1 is 1.26 bits per heavy atom. The first-order valence-corrected chi connectivity index (χ1v) is 8.15. The van der Waals surface area contributed by atoms with Crippen LogP contribution in [-0.4, -0.2) is 37.0 Å². The van der Waals surface area contributed by atoms with Crippen LogP contribution in [-0.2, 0) is 4.79 Å². The van der Waals surface area contributed by atoms with E-state index in [0.717, 1.165) is 19.4 Å². The summed E-state index contributed by atoms with van der Waals surface area (Å²) in [6.45, 7) is 8.94. The number of hydrogen-bond donors (Lipinski definition) is 1. The average Bonchev–Trinajstić information content (AvgIpc) is 2.86. The lowest BCUT2D eigenvalue weighted by Gasteiger charge is -2.32. The van der Waals surface area contributed by atoms with Crippen LogP contribution in [0.1, 0.15) is 58.8 Å². The molecule has 2 rings (SSSR count). The Hall–Kier alpha value is -0.570. The molecule has 0 bridgehead atoms. The molecule has 2 aliphatic rings. The lowest BCUT2D eigenvalue weighted by atomic mass is 9.87. The van der Waals surface area contributed by atoms with Crippen LogP contribution in [0, 0.1) is 11.3 Å². The second-order valence-electron chi connectivity index (χ2n) is 6.76. The zero-order valence-corrected chi connectivity index (χ0v) is 12.7. The Labute approximate surface area is 118 Å². The first kappa shape index (κ1) is 14.8. The van der Waals surface area contributed by atoms with E-state index in [1.165, 1.54) is 51.7 Å². The van der Waals surface area contributed by atoms with Crippen molar-refractivity contribution in [3.05, 3.63) is 0 Å². The predicted molar refractivity (Wildman–Crippen MR) is 79.0 cm³/mol. The Balaban J connectivity index is 1.67. The number of piperidine rings is 1. The molecule has 3 heteroatoms. The molecule has 19 heavy (non-hydrogen) atoms. The van der Waals surface area contributed by atoms with Gasteiger partial charge in [0, 0.05) is 12.0 Å². The summed E-state index contributed by atoms with van der Waals surface area (Å²) in [6, 6.07) is 0. The van der Waals surface area contributed by atoms with Gasteiger partial charge in [-0.1, -0.05) is 26.7 Å². The number of hydrogen-bond acceptors (Lipinski definition) is 2. The van der Waals surface area contributed by atoms with E-state index >= 15 is 0 Å². The van der Waals surface area contributed by atoms with E-state index in [-0.39, 0.29) is 5.41 Å². The van der Waals surface area contributed by atoms with Crippen molar-refractivity contribution in [3.63, 3.8) is 0 Å². The number of nitrogens with zero attached hydrogens (tertiary/aromatic N) is 1. The van der Waals surface area contributed by atoms with Gasteiger partial charge in [0.25, 0.3) is 0 Å². The monoisotopic (exact) mass is 266 g/mol. The lowest BCUT2D eigenvalue weighted by Crippen LogP contribution is -2.42. The fourth-order valence-electron chi connectivity index (χ4n) is 3.56. The van der Waals surface area contributed by atoms with Gasteiger partial charge in [0.1, 0.15) is 0 Å². The smallest absolute Gasteiger partial charge is 0.225 e. The summed E-state index contributed by atoms with van der Waals surface area (Å²) in [5.74, 6) is 1.00. The van der Waals surface area contributed by atoms with E-state index < -0.39 is 0 Å². The molecule has 1 heterocycles. The predicted octanol–water partition coefficient (Wildman–Crippen LogP) is 2.80. The molecule has 0 aromatic carbocycles. The molecule has 1 saturated heterocycles. The van der Waals surface area contributed by atoms with Crippen molar-refractivity contribution in [2.45, 2.75) is 58.8 Å². The highest BCUT2D eigenvalue weighted by atomic mass is 16.2. The normalized spacial score (nSPS) is 24.5. The highest BCUT2D eigenvalue weighted by Crippen LogP contribution is 2.37. The van der Waals surface area contributed by atoms with E-state index in [0.29, 0.717) is 11.8 Å². The molecule has 2 fully saturated rings. The molecule has 0 spiro atoms. The van der Waals surface area contributed by atoms with E-state index in [1.807, 2.05) is 0 Å². The zero-order chi connectivity index (χ0) is 13.7. The zero-order valence-electron chi connectivity index (χ0n) is 12.7. The highest BCUT2D eigenvalue weighted by molar-refractivity contribution is 5.82. The molecule has 0 radical (unpaired) electrons. The molecular formula is C16H30N2O. The number of nitrogens with one attached hydrogen (secondary N) is 1. The Morgan fingerprint density at radius 3 is 2.47 bits per heavy atom. The summed E-state index contributed by atoms with van der Waals surface area (Å²) < 4.78 is 0. The minimum atomic E-state index is -0.0666. The fourth-order valence-corrected chi connectivity index (χ4v) is 3.56. The quantitative estimate of drug-likeness (QED) is 0.830. The molecule has 1 aliphatic carbocycles. The SMILES string of the molecule is CCCN1CCC(CNC(=O)C2(C)CCCC2)CC1. The van der Waals surface area contributed by atoms with E-state index in [4.69, 9.17) is 0 Å². The number of rotatable bonds is 5. The van der Waals surface area contributed by atoms with Gasteiger partial charge >= 0.3 is 0 Å². The van der Waals surface area contributed by atoms with Crippen LogP contribution in [0.2, 0.25) is 0 Å². The van der Waals surface area contributed by atoms with Gasteiger partial charge in [-0.15, -0.1) is 0 Å². The van der Waals surface area contributed by atoms with Gasteiger partial charge in [0.2, 0.25) is 5.91 Å². The van der Waals surface area contributed by atoms with Gasteiger partial charge in [-0.05, 0) is 57.7 Å². The van der Waals surface area contributed by atoms with Crippen LogP contribution in [0.5, 0.6) is 0 Å². The van der Waals surface area contributed by atoms with Crippen LogP contribution in [0.25, 0.3) is 0 Å². The maximum Gasteiger partial charge on any atom is 0.225 e. The van der Waals surface area contributed by atoms with Gasteiger partial charge in [-0.2, -0.15) is 0 Å². The highest BCUT2D eigenvalue weighted by Gasteiger charge is 2.36. The summed E-state index contributed by atoms with van der Waals surface area (Å²) in [5.41, 5.74) is -0.0666. The van der Waals surface area contributed by atoms with Crippen LogP contribution in [0.3, 0.4) is 0 Å². The molecule has 3 nitrogen and oxygen atoms in total. The first-order valence-electron chi connectivity index (χ1n) is 8.15. The summed E-state index contributed by atoms with van der Waals surface area (Å²) in [4.78, 5) is 14.8. The van der Waals surface area contributed by atoms with Crippen molar-refractivity contribution in [2.75, 3.05) is 26.2 Å². The van der Waals surface area contributed by atoms with E-state index in [2.05, 4.69) is 24.1 Å². The van der Waals surface area contributed by atoms with Crippen LogP contribution in [0.15, 0.2) is 0 Å². The second kappa shape index (κ2) is 6.74. The van der Waals surface area contributed by atoms with Crippen LogP contribution in [0.4, 0.5) is 0 Å². The summed E-state index contributed by atoms with van der Waals surface area (Å²) in [5, 5.41) is 3.22. The topological polar surface area (TPSA) is 32.3 Å². The van der Waals surface area contributed by atoms with Gasteiger partial charge in [0.05, 0.1) is 0 Å². The summed E-state index contributed by atoms with van der Waals surface area (Å²) >= 11 is 0. The molecule has 110 valence electrons. The Bertz CT molecular complexity index is 289. The van der Waals surface area contributed by atoms with Crippen molar-refractivity contribution in [1.82, 2.24) is 10.2 Å². The maximum atomic E-state index is 12.3. The Kier molecular flexibility index (Phi) is 5.26. The van der Waals surface area contributed by atoms with Gasteiger partial charge < -0.3 is 10.2 Å². The van der Waals surface area contributed by atoms with Gasteiger partial charge in [-0.3, -0.25) is 4.79 Å². The molecule has 0 unspecified atom stereocenters. The van der Waals surface area contributed by atoms with Crippen molar-refractivity contribution >= 4 is 5.91 Å². The number of likely N-dealkylation sites (tertiary alicyclic amines) is 1. The molecule has 1 saturated carbocycles. The number of amides is 1. The standard InChI is InChI=1S/C16H30N2O/c1-3-10-18-11-6-14(7-12-18)13-17-15(19)16(2)8-4-5-9-16/h14H,3-13H2,1-2H3,(H,17,19). The van der Waals surface area contributed by atoms with Crippen LogP contribution < -0.4 is 5.32 Å². The fraction of sp³-hybridized carbons (Fsp3) is 0.938. The molecule has 1 aliphatic heterocycles.